The number of rotatable bonds is 11. The lowest BCUT2D eigenvalue weighted by molar-refractivity contribution is -0.130. The second-order valence-electron chi connectivity index (χ2n) is 8.93. The number of nitrogens with one attached hydrogen (secondary N) is 1. The molecule has 8 heteroatoms. The zero-order chi connectivity index (χ0) is 25.9. The summed E-state index contributed by atoms with van der Waals surface area (Å²) in [7, 11) is 3.41. The van der Waals surface area contributed by atoms with E-state index in [0.717, 1.165) is 61.1 Å². The molecule has 4 rings (SSSR count). The second-order valence-corrected chi connectivity index (χ2v) is 8.93. The third kappa shape index (κ3) is 8.63. The number of morpholine rings is 1. The van der Waals surface area contributed by atoms with Gasteiger partial charge in [-0.3, -0.25) is 14.8 Å². The Kier molecular flexibility index (Phi) is 9.51. The predicted molar refractivity (Wildman–Crippen MR) is 146 cm³/mol. The van der Waals surface area contributed by atoms with E-state index in [4.69, 9.17) is 14.2 Å². The first-order chi connectivity index (χ1) is 18.0. The number of likely N-dealkylation sites (N-methyl/N-ethyl adjacent to an activating group) is 1. The Bertz CT molecular complexity index is 1180. The third-order valence-corrected chi connectivity index (χ3v) is 5.92. The second kappa shape index (κ2) is 13.4. The number of carbonyl (C=O) groups excluding carboxylic acids is 1. The van der Waals surface area contributed by atoms with Gasteiger partial charge in [0.25, 0.3) is 5.91 Å². The van der Waals surface area contributed by atoms with Crippen molar-refractivity contribution in [1.29, 1.82) is 0 Å². The van der Waals surface area contributed by atoms with Crippen LogP contribution in [0.5, 0.6) is 11.5 Å². The number of amides is 1. The maximum absolute atomic E-state index is 11.6. The van der Waals surface area contributed by atoms with Crippen molar-refractivity contribution in [1.82, 2.24) is 20.0 Å². The summed E-state index contributed by atoms with van der Waals surface area (Å²) in [5.41, 5.74) is 3.85. The van der Waals surface area contributed by atoms with Crippen LogP contribution in [-0.2, 0) is 9.53 Å². The van der Waals surface area contributed by atoms with Gasteiger partial charge in [-0.15, -0.1) is 0 Å². The van der Waals surface area contributed by atoms with E-state index in [-0.39, 0.29) is 12.5 Å². The zero-order valence-electron chi connectivity index (χ0n) is 21.4. The number of benzene rings is 2. The van der Waals surface area contributed by atoms with Crippen LogP contribution in [0.1, 0.15) is 22.5 Å². The van der Waals surface area contributed by atoms with E-state index in [0.29, 0.717) is 12.4 Å². The van der Waals surface area contributed by atoms with Crippen molar-refractivity contribution in [2.45, 2.75) is 0 Å². The van der Waals surface area contributed by atoms with E-state index < -0.39 is 0 Å². The Morgan fingerprint density at radius 2 is 1.57 bits per heavy atom. The van der Waals surface area contributed by atoms with Crippen LogP contribution in [0.4, 0.5) is 0 Å². The summed E-state index contributed by atoms with van der Waals surface area (Å²) in [6, 6.07) is 17.6. The van der Waals surface area contributed by atoms with Gasteiger partial charge in [-0.05, 0) is 53.6 Å². The number of aromatic nitrogens is 2. The Hall–Kier alpha value is -3.88. The maximum Gasteiger partial charge on any atom is 0.259 e. The fourth-order valence-corrected chi connectivity index (χ4v) is 3.63. The van der Waals surface area contributed by atoms with Crippen molar-refractivity contribution >= 4 is 30.2 Å². The minimum atomic E-state index is -0.0748. The number of ether oxygens (including phenoxy) is 3. The van der Waals surface area contributed by atoms with E-state index in [9.17, 15) is 4.79 Å². The number of nitrogens with zero attached hydrogens (tertiary/aromatic N) is 3. The Morgan fingerprint density at radius 1 is 0.946 bits per heavy atom. The number of hydrogen-bond donors (Lipinski definition) is 1. The molecule has 2 heterocycles. The number of aromatic amines is 1. The summed E-state index contributed by atoms with van der Waals surface area (Å²) in [6.07, 6.45) is 7.97. The van der Waals surface area contributed by atoms with Gasteiger partial charge in [-0.25, -0.2) is 0 Å². The summed E-state index contributed by atoms with van der Waals surface area (Å²) >= 11 is 0. The largest absolute Gasteiger partial charge is 0.492 e. The van der Waals surface area contributed by atoms with Gasteiger partial charge in [-0.2, -0.15) is 5.10 Å². The van der Waals surface area contributed by atoms with Crippen molar-refractivity contribution in [2.24, 2.45) is 0 Å². The van der Waals surface area contributed by atoms with Crippen LogP contribution < -0.4 is 9.47 Å². The average Bonchev–Trinajstić information content (AvgIpc) is 3.39. The molecule has 1 saturated heterocycles. The average molecular weight is 503 g/mol. The number of carbonyl (C=O) groups is 1. The van der Waals surface area contributed by atoms with Crippen LogP contribution in [0.3, 0.4) is 0 Å². The Morgan fingerprint density at radius 3 is 2.22 bits per heavy atom. The maximum atomic E-state index is 11.6. The molecule has 0 bridgehead atoms. The molecule has 1 aliphatic heterocycles. The summed E-state index contributed by atoms with van der Waals surface area (Å²) in [6.45, 7) is 5.18. The first-order valence-corrected chi connectivity index (χ1v) is 12.4. The fraction of sp³-hybridized carbons (Fsp3) is 0.310. The summed E-state index contributed by atoms with van der Waals surface area (Å²) in [5.74, 6) is 1.46. The Balaban J connectivity index is 1.22. The highest BCUT2D eigenvalue weighted by atomic mass is 16.5. The van der Waals surface area contributed by atoms with Crippen molar-refractivity contribution < 1.29 is 19.0 Å². The van der Waals surface area contributed by atoms with Gasteiger partial charge in [-0.1, -0.05) is 36.4 Å². The first kappa shape index (κ1) is 26.2. The minimum absolute atomic E-state index is 0.0277. The lowest BCUT2D eigenvalue weighted by Crippen LogP contribution is -2.38. The van der Waals surface area contributed by atoms with Crippen LogP contribution in [0.2, 0.25) is 0 Å². The van der Waals surface area contributed by atoms with Gasteiger partial charge in [0.15, 0.2) is 6.61 Å². The monoisotopic (exact) mass is 502 g/mol. The molecule has 1 aromatic heterocycles. The van der Waals surface area contributed by atoms with Gasteiger partial charge in [0.1, 0.15) is 18.1 Å². The highest BCUT2D eigenvalue weighted by Crippen LogP contribution is 2.16. The molecule has 2 aromatic carbocycles. The van der Waals surface area contributed by atoms with E-state index in [1.165, 1.54) is 4.90 Å². The van der Waals surface area contributed by atoms with Crippen molar-refractivity contribution in [3.05, 3.63) is 77.1 Å². The van der Waals surface area contributed by atoms with Gasteiger partial charge < -0.3 is 19.1 Å². The Labute approximate surface area is 218 Å². The molecule has 37 heavy (non-hydrogen) atoms. The van der Waals surface area contributed by atoms with Crippen molar-refractivity contribution in [3.63, 3.8) is 0 Å². The fourth-order valence-electron chi connectivity index (χ4n) is 3.63. The summed E-state index contributed by atoms with van der Waals surface area (Å²) in [5, 5.41) is 7.40. The third-order valence-electron chi connectivity index (χ3n) is 5.92. The van der Waals surface area contributed by atoms with Gasteiger partial charge in [0.2, 0.25) is 0 Å². The molecule has 0 spiro atoms. The van der Waals surface area contributed by atoms with Crippen molar-refractivity contribution in [3.8, 4) is 11.5 Å². The molecule has 194 valence electrons. The highest BCUT2D eigenvalue weighted by Gasteiger charge is 2.09. The zero-order valence-corrected chi connectivity index (χ0v) is 21.4. The summed E-state index contributed by atoms with van der Waals surface area (Å²) in [4.78, 5) is 15.5. The molecule has 3 aromatic rings. The van der Waals surface area contributed by atoms with Gasteiger partial charge >= 0.3 is 0 Å². The molecule has 0 aliphatic carbocycles. The molecule has 0 radical (unpaired) electrons. The molecule has 1 fully saturated rings. The lowest BCUT2D eigenvalue weighted by Gasteiger charge is -2.26. The molecule has 8 nitrogen and oxygen atoms in total. The molecule has 1 N–H and O–H groups in total. The SMILES string of the molecule is CN(C)C(=O)COc1ccc(C=Cc2cc(/C=C/c3ccc(OCCN4CCOCC4)cc3)n[nH]2)cc1. The van der Waals surface area contributed by atoms with Crippen LogP contribution >= 0.6 is 0 Å². The van der Waals surface area contributed by atoms with Crippen molar-refractivity contribution in [2.75, 3.05) is 60.2 Å². The van der Waals surface area contributed by atoms with E-state index in [2.05, 4.69) is 15.1 Å². The molecular weight excluding hydrogens is 468 g/mol. The normalized spacial score (nSPS) is 14.3. The quantitative estimate of drug-likeness (QED) is 0.428. The van der Waals surface area contributed by atoms with Gasteiger partial charge in [0, 0.05) is 33.7 Å². The molecule has 0 unspecified atom stereocenters. The summed E-state index contributed by atoms with van der Waals surface area (Å²) < 4.78 is 16.8. The standard InChI is InChI=1S/C29H34N4O4/c1-32(2)29(34)22-37-28-13-7-24(8-14-28)4-10-26-21-25(30-31-26)9-3-23-5-11-27(12-6-23)36-20-17-33-15-18-35-19-16-33/h3-14,21H,15-20,22H2,1-2H3,(H,30,31)/b9-3+,10-4?. The molecule has 0 saturated carbocycles. The predicted octanol–water partition coefficient (Wildman–Crippen LogP) is 3.93. The number of hydrogen-bond acceptors (Lipinski definition) is 6. The molecule has 0 atom stereocenters. The first-order valence-electron chi connectivity index (χ1n) is 12.4. The number of H-pyrrole nitrogens is 1. The van der Waals surface area contributed by atoms with Crippen LogP contribution in [0, 0.1) is 0 Å². The lowest BCUT2D eigenvalue weighted by atomic mass is 10.2. The smallest absolute Gasteiger partial charge is 0.259 e. The highest BCUT2D eigenvalue weighted by molar-refractivity contribution is 5.77. The minimum Gasteiger partial charge on any atom is -0.492 e. The van der Waals surface area contributed by atoms with E-state index in [1.54, 1.807) is 14.1 Å². The van der Waals surface area contributed by atoms with Crippen LogP contribution in [0.15, 0.2) is 54.6 Å². The topological polar surface area (TPSA) is 79.9 Å². The molecule has 1 amide bonds. The van der Waals surface area contributed by atoms with E-state index >= 15 is 0 Å². The molecular formula is C29H34N4O4. The van der Waals surface area contributed by atoms with E-state index in [1.807, 2.05) is 78.9 Å². The molecule has 1 aliphatic rings. The van der Waals surface area contributed by atoms with Crippen LogP contribution in [0.25, 0.3) is 24.3 Å². The van der Waals surface area contributed by atoms with Crippen LogP contribution in [-0.4, -0.2) is 86.1 Å². The van der Waals surface area contributed by atoms with Gasteiger partial charge in [0.05, 0.1) is 24.6 Å².